The highest BCUT2D eigenvalue weighted by atomic mass is 35.5. The number of hydrogen-bond donors (Lipinski definition) is 1. The fraction of sp³-hybridized carbons (Fsp3) is 0.650. The molecule has 28 heavy (non-hydrogen) atoms. The Hall–Kier alpha value is -0.820. The molecule has 1 heterocycles. The van der Waals surface area contributed by atoms with E-state index in [1.54, 1.807) is 18.2 Å². The standard InChI is InChI=1S/C20H26Cl2N2O3S/c21-17-2-1-3-18(22)16(17)12-28(26,27)24-8-6-14(7-9-24)20(25)23-19-11-13-4-5-15(19)10-13/h1-3,13-15,19H,4-12H2,(H,23,25)/t13-,15+,19-/m0/s1. The largest absolute Gasteiger partial charge is 0.353 e. The lowest BCUT2D eigenvalue weighted by Gasteiger charge is -2.32. The Morgan fingerprint density at radius 2 is 1.75 bits per heavy atom. The third kappa shape index (κ3) is 4.20. The summed E-state index contributed by atoms with van der Waals surface area (Å²) in [4.78, 5) is 12.7. The Labute approximate surface area is 176 Å². The van der Waals surface area contributed by atoms with Crippen molar-refractivity contribution in [1.82, 2.24) is 9.62 Å². The SMILES string of the molecule is O=C(N[C@H]1C[C@H]2CC[C@@H]1C2)C1CCN(S(=O)(=O)Cc2c(Cl)cccc2Cl)CC1. The molecule has 0 aromatic heterocycles. The minimum atomic E-state index is -3.53. The number of hydrogen-bond acceptors (Lipinski definition) is 3. The van der Waals surface area contributed by atoms with E-state index in [4.69, 9.17) is 23.2 Å². The molecule has 3 aliphatic rings. The maximum Gasteiger partial charge on any atom is 0.223 e. The van der Waals surface area contributed by atoms with Gasteiger partial charge in [-0.2, -0.15) is 0 Å². The Morgan fingerprint density at radius 1 is 1.07 bits per heavy atom. The quantitative estimate of drug-likeness (QED) is 0.749. The molecular weight excluding hydrogens is 419 g/mol. The minimum absolute atomic E-state index is 0.101. The van der Waals surface area contributed by atoms with Crippen LogP contribution in [0.1, 0.15) is 44.1 Å². The smallest absolute Gasteiger partial charge is 0.223 e. The van der Waals surface area contributed by atoms with Crippen LogP contribution < -0.4 is 5.32 Å². The Balaban J connectivity index is 1.32. The zero-order chi connectivity index (χ0) is 19.9. The number of piperidine rings is 1. The van der Waals surface area contributed by atoms with E-state index in [2.05, 4.69) is 5.32 Å². The van der Waals surface area contributed by atoms with Crippen LogP contribution in [0.15, 0.2) is 18.2 Å². The van der Waals surface area contributed by atoms with Crippen molar-refractivity contribution < 1.29 is 13.2 Å². The van der Waals surface area contributed by atoms with Crippen LogP contribution in [-0.2, 0) is 20.6 Å². The van der Waals surface area contributed by atoms with Crippen molar-refractivity contribution in [2.45, 2.75) is 50.3 Å². The number of rotatable bonds is 5. The minimum Gasteiger partial charge on any atom is -0.353 e. The molecule has 2 saturated carbocycles. The van der Waals surface area contributed by atoms with Gasteiger partial charge in [-0.25, -0.2) is 12.7 Å². The number of halogens is 2. The molecule has 1 amide bonds. The van der Waals surface area contributed by atoms with Gasteiger partial charge in [0.25, 0.3) is 0 Å². The summed E-state index contributed by atoms with van der Waals surface area (Å²) in [6, 6.07) is 5.31. The first kappa shape index (κ1) is 20.5. The van der Waals surface area contributed by atoms with E-state index in [1.165, 1.54) is 23.6 Å². The molecule has 0 radical (unpaired) electrons. The molecule has 1 aromatic rings. The van der Waals surface area contributed by atoms with Crippen LogP contribution in [0.5, 0.6) is 0 Å². The highest BCUT2D eigenvalue weighted by Gasteiger charge is 2.41. The molecule has 1 aliphatic heterocycles. The highest BCUT2D eigenvalue weighted by molar-refractivity contribution is 7.88. The number of amides is 1. The molecular formula is C20H26Cl2N2O3S. The van der Waals surface area contributed by atoms with Crippen molar-refractivity contribution in [3.63, 3.8) is 0 Å². The van der Waals surface area contributed by atoms with Crippen molar-refractivity contribution in [1.29, 1.82) is 0 Å². The molecule has 154 valence electrons. The molecule has 4 rings (SSSR count). The number of sulfonamides is 1. The van der Waals surface area contributed by atoms with Crippen molar-refractivity contribution >= 4 is 39.1 Å². The zero-order valence-corrected chi connectivity index (χ0v) is 18.1. The molecule has 5 nitrogen and oxygen atoms in total. The monoisotopic (exact) mass is 444 g/mol. The second-order valence-corrected chi connectivity index (χ2v) is 11.2. The lowest BCUT2D eigenvalue weighted by molar-refractivity contribution is -0.127. The topological polar surface area (TPSA) is 66.5 Å². The lowest BCUT2D eigenvalue weighted by Crippen LogP contribution is -2.46. The van der Waals surface area contributed by atoms with Crippen LogP contribution in [0.2, 0.25) is 10.0 Å². The first-order chi connectivity index (χ1) is 13.3. The first-order valence-corrected chi connectivity index (χ1v) is 12.4. The fourth-order valence-electron chi connectivity index (χ4n) is 5.06. The number of carbonyl (C=O) groups is 1. The third-order valence-corrected chi connectivity index (χ3v) is 9.19. The molecule has 0 unspecified atom stereocenters. The Kier molecular flexibility index (Phi) is 5.94. The summed E-state index contributed by atoms with van der Waals surface area (Å²) in [7, 11) is -3.53. The van der Waals surface area contributed by atoms with E-state index in [-0.39, 0.29) is 17.6 Å². The lowest BCUT2D eigenvalue weighted by atomic mass is 9.93. The number of nitrogens with one attached hydrogen (secondary N) is 1. The molecule has 8 heteroatoms. The van der Waals surface area contributed by atoms with E-state index in [0.29, 0.717) is 53.5 Å². The summed E-state index contributed by atoms with van der Waals surface area (Å²) in [6.45, 7) is 0.721. The molecule has 3 fully saturated rings. The van der Waals surface area contributed by atoms with Gasteiger partial charge in [-0.05, 0) is 56.1 Å². The van der Waals surface area contributed by atoms with Crippen molar-refractivity contribution in [2.24, 2.45) is 17.8 Å². The van der Waals surface area contributed by atoms with Gasteiger partial charge in [0.05, 0.1) is 5.75 Å². The van der Waals surface area contributed by atoms with Gasteiger partial charge in [-0.1, -0.05) is 35.7 Å². The van der Waals surface area contributed by atoms with Gasteiger partial charge in [0.2, 0.25) is 15.9 Å². The maximum atomic E-state index is 12.8. The van der Waals surface area contributed by atoms with Crippen LogP contribution in [0, 0.1) is 17.8 Å². The molecule has 3 atom stereocenters. The first-order valence-electron chi connectivity index (χ1n) is 10.0. The number of benzene rings is 1. The zero-order valence-electron chi connectivity index (χ0n) is 15.7. The van der Waals surface area contributed by atoms with Crippen LogP contribution in [0.25, 0.3) is 0 Å². The van der Waals surface area contributed by atoms with Gasteiger partial charge in [-0.15, -0.1) is 0 Å². The Bertz CT molecular complexity index is 833. The van der Waals surface area contributed by atoms with Crippen molar-refractivity contribution in [3.05, 3.63) is 33.8 Å². The number of nitrogens with zero attached hydrogens (tertiary/aromatic N) is 1. The van der Waals surface area contributed by atoms with Crippen LogP contribution in [0.3, 0.4) is 0 Å². The van der Waals surface area contributed by atoms with E-state index in [9.17, 15) is 13.2 Å². The van der Waals surface area contributed by atoms with Crippen molar-refractivity contribution in [3.8, 4) is 0 Å². The summed E-state index contributed by atoms with van der Waals surface area (Å²) in [6.07, 6.45) is 6.03. The van der Waals surface area contributed by atoms with Crippen LogP contribution >= 0.6 is 23.2 Å². The molecule has 1 N–H and O–H groups in total. The van der Waals surface area contributed by atoms with Gasteiger partial charge in [-0.3, -0.25) is 4.79 Å². The van der Waals surface area contributed by atoms with E-state index in [1.807, 2.05) is 0 Å². The summed E-state index contributed by atoms with van der Waals surface area (Å²) >= 11 is 12.3. The van der Waals surface area contributed by atoms with Gasteiger partial charge < -0.3 is 5.32 Å². The predicted molar refractivity (Wildman–Crippen MR) is 111 cm³/mol. The Morgan fingerprint density at radius 3 is 2.32 bits per heavy atom. The van der Waals surface area contributed by atoms with Gasteiger partial charge in [0.15, 0.2) is 0 Å². The normalized spacial score (nSPS) is 28.6. The van der Waals surface area contributed by atoms with E-state index >= 15 is 0 Å². The molecule has 0 spiro atoms. The average Bonchev–Trinajstić information content (AvgIpc) is 3.28. The van der Waals surface area contributed by atoms with E-state index in [0.717, 1.165) is 12.3 Å². The third-order valence-electron chi connectivity index (χ3n) is 6.67. The second-order valence-electron chi connectivity index (χ2n) is 8.42. The highest BCUT2D eigenvalue weighted by Crippen LogP contribution is 2.44. The summed E-state index contributed by atoms with van der Waals surface area (Å²) < 4.78 is 27.1. The molecule has 2 aliphatic carbocycles. The van der Waals surface area contributed by atoms with Crippen LogP contribution in [-0.4, -0.2) is 37.8 Å². The molecule has 1 saturated heterocycles. The average molecular weight is 445 g/mol. The fourth-order valence-corrected chi connectivity index (χ4v) is 7.38. The van der Waals surface area contributed by atoms with Crippen LogP contribution in [0.4, 0.5) is 0 Å². The van der Waals surface area contributed by atoms with Gasteiger partial charge >= 0.3 is 0 Å². The summed E-state index contributed by atoms with van der Waals surface area (Å²) in [5.41, 5.74) is 0.432. The molecule has 1 aromatic carbocycles. The number of carbonyl (C=O) groups excluding carboxylic acids is 1. The maximum absolute atomic E-state index is 12.8. The number of fused-ring (bicyclic) bond motifs is 2. The van der Waals surface area contributed by atoms with Crippen molar-refractivity contribution in [2.75, 3.05) is 13.1 Å². The van der Waals surface area contributed by atoms with Gasteiger partial charge in [0.1, 0.15) is 0 Å². The van der Waals surface area contributed by atoms with E-state index < -0.39 is 10.0 Å². The predicted octanol–water partition coefficient (Wildman–Crippen LogP) is 3.84. The summed E-state index contributed by atoms with van der Waals surface area (Å²) in [5, 5.41) is 3.96. The second kappa shape index (κ2) is 8.13. The molecule has 2 bridgehead atoms. The van der Waals surface area contributed by atoms with Gasteiger partial charge in [0, 0.05) is 40.7 Å². The summed E-state index contributed by atoms with van der Waals surface area (Å²) in [5.74, 6) is 1.22.